The summed E-state index contributed by atoms with van der Waals surface area (Å²) >= 11 is 0. The van der Waals surface area contributed by atoms with Gasteiger partial charge in [-0.05, 0) is 42.2 Å². The van der Waals surface area contributed by atoms with Crippen LogP contribution < -0.4 is 15.4 Å². The third-order valence-electron chi connectivity index (χ3n) is 3.87. The predicted octanol–water partition coefficient (Wildman–Crippen LogP) is 4.57. The molecule has 5 heteroatoms. The lowest BCUT2D eigenvalue weighted by Crippen LogP contribution is -2.21. The van der Waals surface area contributed by atoms with Crippen molar-refractivity contribution >= 4 is 23.2 Å². The van der Waals surface area contributed by atoms with Crippen LogP contribution in [0.3, 0.4) is 0 Å². The van der Waals surface area contributed by atoms with E-state index in [1.54, 1.807) is 18.2 Å². The van der Waals surface area contributed by atoms with Crippen LogP contribution in [0, 0.1) is 0 Å². The second kappa shape index (κ2) is 9.61. The molecule has 0 spiro atoms. The number of hydrogen-bond acceptors (Lipinski definition) is 3. The number of carbonyl (C=O) groups is 2. The van der Waals surface area contributed by atoms with E-state index in [4.69, 9.17) is 4.74 Å². The minimum atomic E-state index is -0.282. The smallest absolute Gasteiger partial charge is 0.262 e. The van der Waals surface area contributed by atoms with Crippen LogP contribution in [0.5, 0.6) is 5.75 Å². The summed E-state index contributed by atoms with van der Waals surface area (Å²) in [6.45, 7) is 6.09. The molecule has 5 nitrogen and oxygen atoms in total. The lowest BCUT2D eigenvalue weighted by atomic mass is 10.0. The molecule has 0 saturated heterocycles. The van der Waals surface area contributed by atoms with Crippen molar-refractivity contribution in [2.75, 3.05) is 17.2 Å². The van der Waals surface area contributed by atoms with Crippen molar-refractivity contribution in [3.63, 3.8) is 0 Å². The molecule has 2 amide bonds. The zero-order chi connectivity index (χ0) is 18.9. The van der Waals surface area contributed by atoms with E-state index in [0.717, 1.165) is 6.42 Å². The second-order valence-electron chi connectivity index (χ2n) is 6.40. The fraction of sp³-hybridized carbons (Fsp3) is 0.333. The number of nitrogens with one attached hydrogen (secondary N) is 2. The summed E-state index contributed by atoms with van der Waals surface area (Å²) in [7, 11) is 0. The Labute approximate surface area is 154 Å². The van der Waals surface area contributed by atoms with E-state index in [9.17, 15) is 9.59 Å². The lowest BCUT2D eigenvalue weighted by molar-refractivity contribution is -0.118. The van der Waals surface area contributed by atoms with Gasteiger partial charge in [-0.3, -0.25) is 9.59 Å². The third-order valence-corrected chi connectivity index (χ3v) is 3.87. The van der Waals surface area contributed by atoms with Crippen molar-refractivity contribution in [3.8, 4) is 5.75 Å². The van der Waals surface area contributed by atoms with Gasteiger partial charge in [-0.1, -0.05) is 45.0 Å². The molecule has 0 saturated carbocycles. The van der Waals surface area contributed by atoms with Crippen LogP contribution in [0.1, 0.15) is 45.1 Å². The van der Waals surface area contributed by atoms with Crippen LogP contribution in [0.15, 0.2) is 48.5 Å². The Hall–Kier alpha value is -2.82. The van der Waals surface area contributed by atoms with Gasteiger partial charge in [-0.25, -0.2) is 0 Å². The molecule has 0 unspecified atom stereocenters. The fourth-order valence-corrected chi connectivity index (χ4v) is 2.43. The fourth-order valence-electron chi connectivity index (χ4n) is 2.43. The van der Waals surface area contributed by atoms with Gasteiger partial charge in [-0.15, -0.1) is 0 Å². The van der Waals surface area contributed by atoms with Crippen molar-refractivity contribution < 1.29 is 14.3 Å². The van der Waals surface area contributed by atoms with E-state index in [0.29, 0.717) is 29.5 Å². The molecule has 0 bridgehead atoms. The van der Waals surface area contributed by atoms with Gasteiger partial charge >= 0.3 is 0 Å². The zero-order valence-electron chi connectivity index (χ0n) is 15.5. The van der Waals surface area contributed by atoms with Crippen LogP contribution >= 0.6 is 0 Å². The van der Waals surface area contributed by atoms with Crippen molar-refractivity contribution in [2.45, 2.75) is 39.5 Å². The van der Waals surface area contributed by atoms with E-state index in [-0.39, 0.29) is 18.4 Å². The molecule has 138 valence electrons. The van der Waals surface area contributed by atoms with Crippen molar-refractivity contribution in [1.82, 2.24) is 0 Å². The topological polar surface area (TPSA) is 67.4 Å². The quantitative estimate of drug-likeness (QED) is 0.730. The highest BCUT2D eigenvalue weighted by molar-refractivity contribution is 5.99. The van der Waals surface area contributed by atoms with Gasteiger partial charge in [0.15, 0.2) is 6.61 Å². The van der Waals surface area contributed by atoms with Crippen LogP contribution in [0.2, 0.25) is 0 Å². The van der Waals surface area contributed by atoms with E-state index in [2.05, 4.69) is 24.5 Å². The summed E-state index contributed by atoms with van der Waals surface area (Å²) < 4.78 is 5.53. The summed E-state index contributed by atoms with van der Waals surface area (Å²) in [6.07, 6.45) is 1.21. The van der Waals surface area contributed by atoms with E-state index in [1.807, 2.05) is 37.3 Å². The van der Waals surface area contributed by atoms with Crippen LogP contribution in [-0.2, 0) is 9.59 Å². The number of hydrogen-bond donors (Lipinski definition) is 2. The number of para-hydroxylation sites is 2. The Kier molecular flexibility index (Phi) is 7.21. The van der Waals surface area contributed by atoms with Crippen LogP contribution in [0.25, 0.3) is 0 Å². The average Bonchev–Trinajstić information content (AvgIpc) is 2.62. The maximum Gasteiger partial charge on any atom is 0.262 e. The highest BCUT2D eigenvalue weighted by atomic mass is 16.5. The Morgan fingerprint density at radius 2 is 1.50 bits per heavy atom. The van der Waals surface area contributed by atoms with E-state index in [1.165, 1.54) is 5.56 Å². The zero-order valence-corrected chi connectivity index (χ0v) is 15.5. The first-order valence-corrected chi connectivity index (χ1v) is 8.91. The number of benzene rings is 2. The van der Waals surface area contributed by atoms with Crippen LogP contribution in [0.4, 0.5) is 11.4 Å². The minimum Gasteiger partial charge on any atom is -0.484 e. The van der Waals surface area contributed by atoms with Gasteiger partial charge in [0.2, 0.25) is 5.91 Å². The van der Waals surface area contributed by atoms with Gasteiger partial charge in [0.1, 0.15) is 5.75 Å². The number of anilines is 2. The minimum absolute atomic E-state index is 0.0734. The molecule has 0 aliphatic carbocycles. The van der Waals surface area contributed by atoms with E-state index < -0.39 is 0 Å². The molecule has 2 aromatic rings. The first kappa shape index (κ1) is 19.5. The molecular formula is C21H26N2O3. The number of rotatable bonds is 8. The maximum atomic E-state index is 12.2. The molecule has 0 atom stereocenters. The highest BCUT2D eigenvalue weighted by Crippen LogP contribution is 2.22. The van der Waals surface area contributed by atoms with Gasteiger partial charge in [0, 0.05) is 6.42 Å². The standard InChI is InChI=1S/C21H26N2O3/c1-4-7-20(24)22-18-8-5-6-9-19(18)23-21(25)14-26-17-12-10-16(11-13-17)15(2)3/h5-6,8-13,15H,4,7,14H2,1-3H3,(H,22,24)(H,23,25). The van der Waals surface area contributed by atoms with Gasteiger partial charge in [-0.2, -0.15) is 0 Å². The largest absolute Gasteiger partial charge is 0.484 e. The molecule has 0 radical (unpaired) electrons. The van der Waals surface area contributed by atoms with Gasteiger partial charge in [0.25, 0.3) is 5.91 Å². The summed E-state index contributed by atoms with van der Waals surface area (Å²) in [4.78, 5) is 24.0. The monoisotopic (exact) mass is 354 g/mol. The summed E-state index contributed by atoms with van der Waals surface area (Å²) in [6, 6.07) is 14.8. The molecule has 0 fully saturated rings. The third kappa shape index (κ3) is 5.92. The number of amides is 2. The first-order valence-electron chi connectivity index (χ1n) is 8.91. The molecule has 0 aliphatic rings. The van der Waals surface area contributed by atoms with Crippen molar-refractivity contribution in [3.05, 3.63) is 54.1 Å². The molecule has 2 aromatic carbocycles. The summed E-state index contributed by atoms with van der Waals surface area (Å²) in [5.41, 5.74) is 2.36. The van der Waals surface area contributed by atoms with E-state index >= 15 is 0 Å². The molecule has 2 rings (SSSR count). The number of carbonyl (C=O) groups excluding carboxylic acids is 2. The van der Waals surface area contributed by atoms with Gasteiger partial charge in [0.05, 0.1) is 11.4 Å². The molecule has 0 aliphatic heterocycles. The molecule has 26 heavy (non-hydrogen) atoms. The first-order chi connectivity index (χ1) is 12.5. The average molecular weight is 354 g/mol. The Balaban J connectivity index is 1.92. The normalized spacial score (nSPS) is 10.5. The molecule has 0 heterocycles. The van der Waals surface area contributed by atoms with Crippen LogP contribution in [-0.4, -0.2) is 18.4 Å². The van der Waals surface area contributed by atoms with Crippen molar-refractivity contribution in [1.29, 1.82) is 0 Å². The predicted molar refractivity (Wildman–Crippen MR) is 105 cm³/mol. The Morgan fingerprint density at radius 1 is 0.923 bits per heavy atom. The van der Waals surface area contributed by atoms with Gasteiger partial charge < -0.3 is 15.4 Å². The summed E-state index contributed by atoms with van der Waals surface area (Å²) in [5.74, 6) is 0.742. The highest BCUT2D eigenvalue weighted by Gasteiger charge is 2.10. The molecule has 0 aromatic heterocycles. The SMILES string of the molecule is CCCC(=O)Nc1ccccc1NC(=O)COc1ccc(C(C)C)cc1. The number of ether oxygens (including phenoxy) is 1. The second-order valence-corrected chi connectivity index (χ2v) is 6.40. The Bertz CT molecular complexity index is 739. The lowest BCUT2D eigenvalue weighted by Gasteiger charge is -2.13. The maximum absolute atomic E-state index is 12.2. The molecule has 2 N–H and O–H groups in total. The molecular weight excluding hydrogens is 328 g/mol. The Morgan fingerprint density at radius 3 is 2.04 bits per heavy atom. The van der Waals surface area contributed by atoms with Crippen molar-refractivity contribution in [2.24, 2.45) is 0 Å². The summed E-state index contributed by atoms with van der Waals surface area (Å²) in [5, 5.41) is 5.59.